The fourth-order valence-corrected chi connectivity index (χ4v) is 2.04. The standard InChI is InChI=1S/C13H15N3O2/c1-9-2-3-12(17)11(6-9)13(18)16-5-4-15-8-10(16)7-14/h2-3,6,10,15,17H,4-5,8H2,1H3. The molecule has 5 nitrogen and oxygen atoms in total. The van der Waals surface area contributed by atoms with Crippen LogP contribution < -0.4 is 5.32 Å². The highest BCUT2D eigenvalue weighted by Gasteiger charge is 2.28. The average molecular weight is 245 g/mol. The van der Waals surface area contributed by atoms with E-state index in [4.69, 9.17) is 5.26 Å². The van der Waals surface area contributed by atoms with Gasteiger partial charge in [-0.2, -0.15) is 5.26 Å². The van der Waals surface area contributed by atoms with E-state index in [1.54, 1.807) is 12.1 Å². The van der Waals surface area contributed by atoms with Crippen molar-refractivity contribution in [3.63, 3.8) is 0 Å². The van der Waals surface area contributed by atoms with E-state index in [-0.39, 0.29) is 17.2 Å². The van der Waals surface area contributed by atoms with Crippen molar-refractivity contribution < 1.29 is 9.90 Å². The number of phenolic OH excluding ortho intramolecular Hbond substituents is 1. The highest BCUT2D eigenvalue weighted by molar-refractivity contribution is 5.97. The molecule has 1 aliphatic rings. The van der Waals surface area contributed by atoms with Crippen LogP contribution in [0.5, 0.6) is 5.75 Å². The fraction of sp³-hybridized carbons (Fsp3) is 0.385. The van der Waals surface area contributed by atoms with Crippen molar-refractivity contribution in [2.45, 2.75) is 13.0 Å². The molecule has 1 fully saturated rings. The highest BCUT2D eigenvalue weighted by Crippen LogP contribution is 2.21. The molecule has 18 heavy (non-hydrogen) atoms. The normalized spacial score (nSPS) is 19.3. The second kappa shape index (κ2) is 5.07. The van der Waals surface area contributed by atoms with Gasteiger partial charge in [-0.15, -0.1) is 0 Å². The van der Waals surface area contributed by atoms with Crippen molar-refractivity contribution in [2.24, 2.45) is 0 Å². The van der Waals surface area contributed by atoms with E-state index in [1.807, 2.05) is 6.92 Å². The van der Waals surface area contributed by atoms with E-state index in [0.717, 1.165) is 5.56 Å². The van der Waals surface area contributed by atoms with Crippen LogP contribution in [-0.4, -0.2) is 41.6 Å². The van der Waals surface area contributed by atoms with E-state index in [0.29, 0.717) is 19.6 Å². The lowest BCUT2D eigenvalue weighted by Gasteiger charge is -2.32. The number of rotatable bonds is 1. The second-order valence-corrected chi connectivity index (χ2v) is 4.37. The number of carbonyl (C=O) groups excluding carboxylic acids is 1. The third kappa shape index (κ3) is 2.29. The van der Waals surface area contributed by atoms with E-state index in [2.05, 4.69) is 11.4 Å². The Labute approximate surface area is 106 Å². The number of hydrogen-bond acceptors (Lipinski definition) is 4. The summed E-state index contributed by atoms with van der Waals surface area (Å²) in [6.45, 7) is 3.46. The molecule has 1 amide bonds. The maximum atomic E-state index is 12.3. The Balaban J connectivity index is 2.30. The monoisotopic (exact) mass is 245 g/mol. The quantitative estimate of drug-likeness (QED) is 0.761. The van der Waals surface area contributed by atoms with Gasteiger partial charge in [0.05, 0.1) is 11.6 Å². The smallest absolute Gasteiger partial charge is 0.258 e. The van der Waals surface area contributed by atoms with Gasteiger partial charge in [0.1, 0.15) is 11.8 Å². The zero-order valence-corrected chi connectivity index (χ0v) is 10.2. The first-order chi connectivity index (χ1) is 8.63. The third-order valence-corrected chi connectivity index (χ3v) is 3.04. The number of nitrogens with zero attached hydrogens (tertiary/aromatic N) is 2. The zero-order valence-electron chi connectivity index (χ0n) is 10.2. The fourth-order valence-electron chi connectivity index (χ4n) is 2.04. The van der Waals surface area contributed by atoms with Gasteiger partial charge in [0, 0.05) is 19.6 Å². The summed E-state index contributed by atoms with van der Waals surface area (Å²) < 4.78 is 0. The maximum Gasteiger partial charge on any atom is 0.258 e. The summed E-state index contributed by atoms with van der Waals surface area (Å²) in [4.78, 5) is 13.8. The molecule has 2 N–H and O–H groups in total. The Morgan fingerprint density at radius 3 is 3.11 bits per heavy atom. The van der Waals surface area contributed by atoms with Crippen LogP contribution in [0.1, 0.15) is 15.9 Å². The SMILES string of the molecule is Cc1ccc(O)c(C(=O)N2CCNCC2C#N)c1. The molecule has 0 aromatic heterocycles. The van der Waals surface area contributed by atoms with Gasteiger partial charge in [0.2, 0.25) is 0 Å². The number of piperazine rings is 1. The van der Waals surface area contributed by atoms with Gasteiger partial charge >= 0.3 is 0 Å². The predicted octanol–water partition coefficient (Wildman–Crippen LogP) is 0.638. The molecule has 0 bridgehead atoms. The van der Waals surface area contributed by atoms with Crippen LogP contribution in [0.25, 0.3) is 0 Å². The Bertz CT molecular complexity index is 507. The number of nitrogens with one attached hydrogen (secondary N) is 1. The van der Waals surface area contributed by atoms with Crippen LogP contribution in [-0.2, 0) is 0 Å². The van der Waals surface area contributed by atoms with Crippen molar-refractivity contribution in [3.8, 4) is 11.8 Å². The first-order valence-electron chi connectivity index (χ1n) is 5.84. The molecule has 1 aromatic rings. The van der Waals surface area contributed by atoms with E-state index >= 15 is 0 Å². The number of aromatic hydroxyl groups is 1. The molecular formula is C13H15N3O2. The van der Waals surface area contributed by atoms with Crippen LogP contribution in [0.4, 0.5) is 0 Å². The van der Waals surface area contributed by atoms with E-state index < -0.39 is 6.04 Å². The molecule has 0 spiro atoms. The first-order valence-corrected chi connectivity index (χ1v) is 5.84. The lowest BCUT2D eigenvalue weighted by molar-refractivity contribution is 0.0684. The van der Waals surface area contributed by atoms with Crippen molar-refractivity contribution >= 4 is 5.91 Å². The number of amides is 1. The Morgan fingerprint density at radius 1 is 1.61 bits per heavy atom. The van der Waals surface area contributed by atoms with Gasteiger partial charge in [-0.25, -0.2) is 0 Å². The third-order valence-electron chi connectivity index (χ3n) is 3.04. The number of aryl methyl sites for hydroxylation is 1. The highest BCUT2D eigenvalue weighted by atomic mass is 16.3. The molecule has 1 aromatic carbocycles. The number of carbonyl (C=O) groups is 1. The summed E-state index contributed by atoms with van der Waals surface area (Å²) in [7, 11) is 0. The van der Waals surface area contributed by atoms with E-state index in [9.17, 15) is 9.90 Å². The first kappa shape index (κ1) is 12.4. The Kier molecular flexibility index (Phi) is 3.49. The maximum absolute atomic E-state index is 12.3. The van der Waals surface area contributed by atoms with Crippen LogP contribution in [0, 0.1) is 18.3 Å². The molecule has 0 saturated carbocycles. The van der Waals surface area contributed by atoms with E-state index in [1.165, 1.54) is 11.0 Å². The molecule has 1 unspecified atom stereocenters. The summed E-state index contributed by atoms with van der Waals surface area (Å²) in [5, 5.41) is 21.9. The topological polar surface area (TPSA) is 76.4 Å². The van der Waals surface area contributed by atoms with Crippen LogP contribution >= 0.6 is 0 Å². The Morgan fingerprint density at radius 2 is 2.39 bits per heavy atom. The van der Waals surface area contributed by atoms with Crippen LogP contribution in [0.15, 0.2) is 18.2 Å². The molecular weight excluding hydrogens is 230 g/mol. The lowest BCUT2D eigenvalue weighted by atomic mass is 10.1. The summed E-state index contributed by atoms with van der Waals surface area (Å²) >= 11 is 0. The molecule has 1 heterocycles. The molecule has 1 aliphatic heterocycles. The van der Waals surface area contributed by atoms with Gasteiger partial charge < -0.3 is 15.3 Å². The van der Waals surface area contributed by atoms with Crippen LogP contribution in [0.2, 0.25) is 0 Å². The largest absolute Gasteiger partial charge is 0.507 e. The number of nitriles is 1. The minimum absolute atomic E-state index is 0.0409. The predicted molar refractivity (Wildman–Crippen MR) is 66.2 cm³/mol. The van der Waals surface area contributed by atoms with Crippen molar-refractivity contribution in [3.05, 3.63) is 29.3 Å². The minimum Gasteiger partial charge on any atom is -0.507 e. The lowest BCUT2D eigenvalue weighted by Crippen LogP contribution is -2.53. The second-order valence-electron chi connectivity index (χ2n) is 4.37. The average Bonchev–Trinajstić information content (AvgIpc) is 2.40. The zero-order chi connectivity index (χ0) is 13.1. The summed E-state index contributed by atoms with van der Waals surface area (Å²) in [6, 6.07) is 6.51. The van der Waals surface area contributed by atoms with Gasteiger partial charge in [-0.05, 0) is 19.1 Å². The summed E-state index contributed by atoms with van der Waals surface area (Å²) in [6.07, 6.45) is 0. The van der Waals surface area contributed by atoms with Gasteiger partial charge in [-0.1, -0.05) is 11.6 Å². The van der Waals surface area contributed by atoms with Crippen LogP contribution in [0.3, 0.4) is 0 Å². The Hall–Kier alpha value is -2.06. The van der Waals surface area contributed by atoms with Crippen molar-refractivity contribution in [2.75, 3.05) is 19.6 Å². The number of hydrogen-bond donors (Lipinski definition) is 2. The van der Waals surface area contributed by atoms with Crippen molar-refractivity contribution in [1.82, 2.24) is 10.2 Å². The molecule has 1 saturated heterocycles. The molecule has 94 valence electrons. The van der Waals surface area contributed by atoms with Crippen molar-refractivity contribution in [1.29, 1.82) is 5.26 Å². The van der Waals surface area contributed by atoms with Gasteiger partial charge in [-0.3, -0.25) is 4.79 Å². The molecule has 5 heteroatoms. The number of phenols is 1. The van der Waals surface area contributed by atoms with Gasteiger partial charge in [0.25, 0.3) is 5.91 Å². The number of benzene rings is 1. The molecule has 1 atom stereocenters. The summed E-state index contributed by atoms with van der Waals surface area (Å²) in [5.41, 5.74) is 1.16. The molecule has 0 radical (unpaired) electrons. The minimum atomic E-state index is -0.480. The molecule has 2 rings (SSSR count). The van der Waals surface area contributed by atoms with Gasteiger partial charge in [0.15, 0.2) is 0 Å². The summed E-state index contributed by atoms with van der Waals surface area (Å²) in [5.74, 6) is -0.329. The molecule has 0 aliphatic carbocycles.